The lowest BCUT2D eigenvalue weighted by molar-refractivity contribution is -0.0358. The molecule has 1 aromatic heterocycles. The van der Waals surface area contributed by atoms with E-state index in [2.05, 4.69) is 29.1 Å². The topological polar surface area (TPSA) is 54.8 Å². The fourth-order valence-corrected chi connectivity index (χ4v) is 5.21. The molecule has 0 spiro atoms. The van der Waals surface area contributed by atoms with Gasteiger partial charge in [0.1, 0.15) is 5.82 Å². The lowest BCUT2D eigenvalue weighted by atomic mass is 9.86. The van der Waals surface area contributed by atoms with Crippen molar-refractivity contribution in [2.75, 3.05) is 64.1 Å². The molecule has 4 heterocycles. The molecule has 0 amide bonds. The van der Waals surface area contributed by atoms with Crippen molar-refractivity contribution in [3.8, 4) is 0 Å². The minimum absolute atomic E-state index is 0.258. The molecule has 158 valence electrons. The minimum Gasteiger partial charge on any atom is -0.381 e. The first-order valence-corrected chi connectivity index (χ1v) is 11.1. The number of anilines is 1. The predicted octanol–water partition coefficient (Wildman–Crippen LogP) is 1.69. The van der Waals surface area contributed by atoms with Gasteiger partial charge >= 0.3 is 0 Å². The lowest BCUT2D eigenvalue weighted by Gasteiger charge is -2.48. The molecular weight excluding hydrogens is 354 g/mol. The molecule has 4 rings (SSSR count). The van der Waals surface area contributed by atoms with Crippen molar-refractivity contribution in [1.29, 1.82) is 0 Å². The molecule has 28 heavy (non-hydrogen) atoms. The van der Waals surface area contributed by atoms with Crippen LogP contribution in [0.5, 0.6) is 0 Å². The Balaban J connectivity index is 1.44. The molecule has 3 saturated heterocycles. The van der Waals surface area contributed by atoms with E-state index in [0.29, 0.717) is 0 Å². The molecule has 0 radical (unpaired) electrons. The normalized spacial score (nSPS) is 23.9. The number of nitrogens with zero attached hydrogens (tertiary/aromatic N) is 4. The highest BCUT2D eigenvalue weighted by molar-refractivity contribution is 5.50. The van der Waals surface area contributed by atoms with Crippen LogP contribution in [0.1, 0.15) is 43.4 Å². The second kappa shape index (κ2) is 9.11. The molecule has 1 N–H and O–H groups in total. The SMILES string of the molecule is Cc1nn(C)c(N2CCOCC2)c1CNCC1(N2CCCCC2)CCOCC1. The van der Waals surface area contributed by atoms with Crippen molar-refractivity contribution in [3.05, 3.63) is 11.3 Å². The number of piperidine rings is 1. The third-order valence-electron chi connectivity index (χ3n) is 6.83. The van der Waals surface area contributed by atoms with Crippen molar-refractivity contribution < 1.29 is 9.47 Å². The number of morpholine rings is 1. The van der Waals surface area contributed by atoms with Gasteiger partial charge in [0.15, 0.2) is 0 Å². The van der Waals surface area contributed by atoms with Crippen molar-refractivity contribution in [3.63, 3.8) is 0 Å². The van der Waals surface area contributed by atoms with Crippen molar-refractivity contribution in [1.82, 2.24) is 20.0 Å². The molecule has 0 aromatic carbocycles. The van der Waals surface area contributed by atoms with Gasteiger partial charge in [-0.1, -0.05) is 6.42 Å². The van der Waals surface area contributed by atoms with Crippen LogP contribution in [-0.4, -0.2) is 79.4 Å². The van der Waals surface area contributed by atoms with Crippen molar-refractivity contribution in [2.24, 2.45) is 7.05 Å². The van der Waals surface area contributed by atoms with Gasteiger partial charge < -0.3 is 19.7 Å². The molecule has 3 aliphatic rings. The van der Waals surface area contributed by atoms with Crippen LogP contribution in [0.2, 0.25) is 0 Å². The van der Waals surface area contributed by atoms with E-state index in [1.54, 1.807) is 0 Å². The third kappa shape index (κ3) is 4.22. The summed E-state index contributed by atoms with van der Waals surface area (Å²) < 4.78 is 13.3. The molecule has 0 saturated carbocycles. The number of nitrogens with one attached hydrogen (secondary N) is 1. The predicted molar refractivity (Wildman–Crippen MR) is 111 cm³/mol. The van der Waals surface area contributed by atoms with E-state index < -0.39 is 0 Å². The zero-order valence-corrected chi connectivity index (χ0v) is 17.7. The van der Waals surface area contributed by atoms with Crippen LogP contribution < -0.4 is 10.2 Å². The Morgan fingerprint density at radius 3 is 2.36 bits per heavy atom. The van der Waals surface area contributed by atoms with Gasteiger partial charge in [-0.15, -0.1) is 0 Å². The maximum absolute atomic E-state index is 5.71. The summed E-state index contributed by atoms with van der Waals surface area (Å²) in [5.74, 6) is 1.26. The summed E-state index contributed by atoms with van der Waals surface area (Å²) in [5, 5.41) is 8.56. The number of hydrogen-bond donors (Lipinski definition) is 1. The first kappa shape index (κ1) is 20.1. The number of aryl methyl sites for hydroxylation is 2. The van der Waals surface area contributed by atoms with Crippen molar-refractivity contribution in [2.45, 2.75) is 51.1 Å². The van der Waals surface area contributed by atoms with E-state index in [0.717, 1.165) is 71.1 Å². The molecule has 0 unspecified atom stereocenters. The van der Waals surface area contributed by atoms with E-state index >= 15 is 0 Å². The molecule has 1 aromatic rings. The van der Waals surface area contributed by atoms with Crippen LogP contribution >= 0.6 is 0 Å². The van der Waals surface area contributed by atoms with E-state index in [1.165, 1.54) is 43.7 Å². The van der Waals surface area contributed by atoms with Gasteiger partial charge in [0, 0.05) is 57.5 Å². The fraction of sp³-hybridized carbons (Fsp3) is 0.857. The zero-order valence-electron chi connectivity index (χ0n) is 17.7. The molecule has 3 aliphatic heterocycles. The van der Waals surface area contributed by atoms with E-state index in [1.807, 2.05) is 4.68 Å². The second-order valence-corrected chi connectivity index (χ2v) is 8.60. The van der Waals surface area contributed by atoms with Gasteiger partial charge in [-0.05, 0) is 45.7 Å². The highest BCUT2D eigenvalue weighted by Crippen LogP contribution is 2.31. The fourth-order valence-electron chi connectivity index (χ4n) is 5.21. The molecule has 7 heteroatoms. The summed E-state index contributed by atoms with van der Waals surface area (Å²) in [6, 6.07) is 0. The van der Waals surface area contributed by atoms with Crippen LogP contribution in [0.15, 0.2) is 0 Å². The van der Waals surface area contributed by atoms with E-state index in [4.69, 9.17) is 14.6 Å². The van der Waals surface area contributed by atoms with E-state index in [-0.39, 0.29) is 5.54 Å². The number of ether oxygens (including phenoxy) is 2. The Bertz CT molecular complexity index is 629. The van der Waals surface area contributed by atoms with Gasteiger partial charge in [0.05, 0.1) is 18.9 Å². The van der Waals surface area contributed by atoms with Gasteiger partial charge in [-0.25, -0.2) is 0 Å². The van der Waals surface area contributed by atoms with Crippen LogP contribution in [0, 0.1) is 6.92 Å². The maximum Gasteiger partial charge on any atom is 0.131 e. The van der Waals surface area contributed by atoms with Crippen LogP contribution in [-0.2, 0) is 23.1 Å². The largest absolute Gasteiger partial charge is 0.381 e. The first-order chi connectivity index (χ1) is 13.7. The minimum atomic E-state index is 0.258. The molecule has 0 aliphatic carbocycles. The van der Waals surface area contributed by atoms with Gasteiger partial charge in [-0.3, -0.25) is 9.58 Å². The molecule has 7 nitrogen and oxygen atoms in total. The summed E-state index contributed by atoms with van der Waals surface area (Å²) in [6.45, 7) is 11.8. The van der Waals surface area contributed by atoms with Crippen molar-refractivity contribution >= 4 is 5.82 Å². The Hall–Kier alpha value is -1.15. The van der Waals surface area contributed by atoms with Crippen LogP contribution in [0.3, 0.4) is 0 Å². The Morgan fingerprint density at radius 1 is 0.964 bits per heavy atom. The Kier molecular flexibility index (Phi) is 6.55. The Labute approximate surface area is 169 Å². The van der Waals surface area contributed by atoms with Gasteiger partial charge in [0.25, 0.3) is 0 Å². The van der Waals surface area contributed by atoms with Gasteiger partial charge in [0.2, 0.25) is 0 Å². The number of aromatic nitrogens is 2. The summed E-state index contributed by atoms with van der Waals surface area (Å²) in [4.78, 5) is 5.18. The average Bonchev–Trinajstić information content (AvgIpc) is 3.03. The number of rotatable bonds is 6. The molecule has 3 fully saturated rings. The summed E-state index contributed by atoms with van der Waals surface area (Å²) in [6.07, 6.45) is 6.34. The molecule has 0 bridgehead atoms. The van der Waals surface area contributed by atoms with Gasteiger partial charge in [-0.2, -0.15) is 5.10 Å². The van der Waals surface area contributed by atoms with E-state index in [9.17, 15) is 0 Å². The zero-order chi connectivity index (χ0) is 19.4. The number of hydrogen-bond acceptors (Lipinski definition) is 6. The monoisotopic (exact) mass is 391 g/mol. The summed E-state index contributed by atoms with van der Waals surface area (Å²) in [5.41, 5.74) is 2.73. The number of likely N-dealkylation sites (tertiary alicyclic amines) is 1. The quantitative estimate of drug-likeness (QED) is 0.797. The lowest BCUT2D eigenvalue weighted by Crippen LogP contribution is -2.59. The maximum atomic E-state index is 5.71. The third-order valence-corrected chi connectivity index (χ3v) is 6.83. The summed E-state index contributed by atoms with van der Waals surface area (Å²) >= 11 is 0. The first-order valence-electron chi connectivity index (χ1n) is 11.1. The second-order valence-electron chi connectivity index (χ2n) is 8.60. The summed E-state index contributed by atoms with van der Waals surface area (Å²) in [7, 11) is 2.06. The van der Waals surface area contributed by atoms with Crippen LogP contribution in [0.25, 0.3) is 0 Å². The molecular formula is C21H37N5O2. The average molecular weight is 392 g/mol. The highest BCUT2D eigenvalue weighted by Gasteiger charge is 2.38. The Morgan fingerprint density at radius 2 is 1.64 bits per heavy atom. The standard InChI is InChI=1S/C21H37N5O2/c1-18-19(20(24(2)23-18)25-10-14-28-15-11-25)16-22-17-21(6-12-27-13-7-21)26-8-4-3-5-9-26/h22H,3-17H2,1-2H3. The highest BCUT2D eigenvalue weighted by atomic mass is 16.5. The molecule has 0 atom stereocenters. The smallest absolute Gasteiger partial charge is 0.131 e. The van der Waals surface area contributed by atoms with Crippen LogP contribution in [0.4, 0.5) is 5.82 Å².